The number of pyridine rings is 1. The molecule has 4 nitrogen and oxygen atoms in total. The van der Waals surface area contributed by atoms with Gasteiger partial charge in [-0.3, -0.25) is 9.78 Å². The van der Waals surface area contributed by atoms with Gasteiger partial charge in [-0.15, -0.1) is 0 Å². The monoisotopic (exact) mass is 305 g/mol. The number of nitrogens with zero attached hydrogens (tertiary/aromatic N) is 1. The lowest BCUT2D eigenvalue weighted by Gasteiger charge is -2.07. The maximum absolute atomic E-state index is 12.8. The van der Waals surface area contributed by atoms with Crippen LogP contribution in [-0.2, 0) is 4.74 Å². The molecule has 23 heavy (non-hydrogen) atoms. The Labute approximate surface area is 133 Å². The van der Waals surface area contributed by atoms with E-state index in [9.17, 15) is 9.59 Å². The quantitative estimate of drug-likeness (QED) is 0.548. The molecule has 0 aliphatic heterocycles. The summed E-state index contributed by atoms with van der Waals surface area (Å²) in [4.78, 5) is 28.7. The second-order valence-corrected chi connectivity index (χ2v) is 5.23. The molecule has 0 unspecified atom stereocenters. The molecule has 1 heterocycles. The Hall–Kier alpha value is -3.01. The van der Waals surface area contributed by atoms with Crippen molar-refractivity contribution in [2.45, 2.75) is 6.92 Å². The van der Waals surface area contributed by atoms with E-state index < -0.39 is 5.97 Å². The Morgan fingerprint density at radius 1 is 0.913 bits per heavy atom. The number of aromatic nitrogens is 1. The molecule has 0 aliphatic rings. The number of fused-ring (bicyclic) bond motifs is 1. The van der Waals surface area contributed by atoms with Gasteiger partial charge in [0, 0.05) is 22.2 Å². The first-order chi connectivity index (χ1) is 11.1. The molecular formula is C19H15NO3. The standard InChI is InChI=1S/C19H15NO3/c1-12-6-7-13-4-3-5-16(17(13)20-12)18(21)14-8-10-15(11-9-14)19(22)23-2/h3-11H,1-2H3. The van der Waals surface area contributed by atoms with Crippen LogP contribution in [0.5, 0.6) is 0 Å². The molecule has 0 atom stereocenters. The van der Waals surface area contributed by atoms with Gasteiger partial charge in [0.2, 0.25) is 0 Å². The van der Waals surface area contributed by atoms with Gasteiger partial charge in [-0.1, -0.05) is 30.3 Å². The molecule has 0 saturated heterocycles. The van der Waals surface area contributed by atoms with Crippen molar-refractivity contribution in [1.82, 2.24) is 4.98 Å². The van der Waals surface area contributed by atoms with Crippen molar-refractivity contribution in [3.63, 3.8) is 0 Å². The Balaban J connectivity index is 2.03. The van der Waals surface area contributed by atoms with E-state index in [1.54, 1.807) is 30.3 Å². The van der Waals surface area contributed by atoms with Crippen molar-refractivity contribution >= 4 is 22.7 Å². The largest absolute Gasteiger partial charge is 0.465 e. The fourth-order valence-corrected chi connectivity index (χ4v) is 2.46. The number of methoxy groups -OCH3 is 1. The molecule has 0 saturated carbocycles. The number of ether oxygens (including phenoxy) is 1. The van der Waals surface area contributed by atoms with Gasteiger partial charge in [-0.05, 0) is 31.2 Å². The van der Waals surface area contributed by atoms with Crippen LogP contribution in [0.15, 0.2) is 54.6 Å². The van der Waals surface area contributed by atoms with Crippen LogP contribution in [0.3, 0.4) is 0 Å². The maximum atomic E-state index is 12.8. The van der Waals surface area contributed by atoms with E-state index in [0.717, 1.165) is 11.1 Å². The number of hydrogen-bond acceptors (Lipinski definition) is 4. The van der Waals surface area contributed by atoms with E-state index in [1.165, 1.54) is 7.11 Å². The number of rotatable bonds is 3. The zero-order valence-electron chi connectivity index (χ0n) is 12.9. The van der Waals surface area contributed by atoms with E-state index in [0.29, 0.717) is 22.2 Å². The molecule has 114 valence electrons. The van der Waals surface area contributed by atoms with Crippen LogP contribution >= 0.6 is 0 Å². The minimum absolute atomic E-state index is 0.120. The average Bonchev–Trinajstić information content (AvgIpc) is 2.60. The summed E-state index contributed by atoms with van der Waals surface area (Å²) in [6, 6.07) is 15.8. The van der Waals surface area contributed by atoms with Crippen LogP contribution in [0.25, 0.3) is 10.9 Å². The first-order valence-electron chi connectivity index (χ1n) is 7.19. The summed E-state index contributed by atoms with van der Waals surface area (Å²) in [5.41, 5.74) is 3.02. The molecule has 0 fully saturated rings. The number of ketones is 1. The normalized spacial score (nSPS) is 10.5. The fourth-order valence-electron chi connectivity index (χ4n) is 2.46. The lowest BCUT2D eigenvalue weighted by Crippen LogP contribution is -2.05. The number of carbonyl (C=O) groups is 2. The van der Waals surface area contributed by atoms with Gasteiger partial charge in [0.1, 0.15) is 0 Å². The predicted molar refractivity (Wildman–Crippen MR) is 87.7 cm³/mol. The van der Waals surface area contributed by atoms with E-state index >= 15 is 0 Å². The van der Waals surface area contributed by atoms with E-state index in [2.05, 4.69) is 9.72 Å². The number of carbonyl (C=O) groups excluding carboxylic acids is 2. The van der Waals surface area contributed by atoms with E-state index in [-0.39, 0.29) is 5.78 Å². The van der Waals surface area contributed by atoms with Gasteiger partial charge >= 0.3 is 5.97 Å². The van der Waals surface area contributed by atoms with Crippen LogP contribution in [0.2, 0.25) is 0 Å². The molecule has 2 aromatic carbocycles. The lowest BCUT2D eigenvalue weighted by atomic mass is 9.99. The zero-order chi connectivity index (χ0) is 16.4. The number of para-hydroxylation sites is 1. The predicted octanol–water partition coefficient (Wildman–Crippen LogP) is 3.56. The Morgan fingerprint density at radius 3 is 2.30 bits per heavy atom. The molecule has 0 amide bonds. The minimum Gasteiger partial charge on any atom is -0.465 e. The minimum atomic E-state index is -0.425. The van der Waals surface area contributed by atoms with E-state index in [1.807, 2.05) is 31.2 Å². The molecular weight excluding hydrogens is 290 g/mol. The summed E-state index contributed by atoms with van der Waals surface area (Å²) >= 11 is 0. The molecule has 0 aliphatic carbocycles. The number of hydrogen-bond donors (Lipinski definition) is 0. The highest BCUT2D eigenvalue weighted by Crippen LogP contribution is 2.20. The summed E-state index contributed by atoms with van der Waals surface area (Å²) in [6.07, 6.45) is 0. The highest BCUT2D eigenvalue weighted by Gasteiger charge is 2.14. The van der Waals surface area contributed by atoms with Gasteiger partial charge in [-0.25, -0.2) is 4.79 Å². The van der Waals surface area contributed by atoms with Crippen molar-refractivity contribution in [3.05, 3.63) is 77.0 Å². The summed E-state index contributed by atoms with van der Waals surface area (Å²) in [5.74, 6) is -0.545. The van der Waals surface area contributed by atoms with Crippen molar-refractivity contribution in [2.75, 3.05) is 7.11 Å². The fraction of sp³-hybridized carbons (Fsp3) is 0.105. The highest BCUT2D eigenvalue weighted by molar-refractivity contribution is 6.15. The van der Waals surface area contributed by atoms with Crippen LogP contribution < -0.4 is 0 Å². The summed E-state index contributed by atoms with van der Waals surface area (Å²) in [7, 11) is 1.32. The summed E-state index contributed by atoms with van der Waals surface area (Å²) < 4.78 is 4.66. The van der Waals surface area contributed by atoms with Crippen molar-refractivity contribution < 1.29 is 14.3 Å². The van der Waals surface area contributed by atoms with Crippen molar-refractivity contribution in [2.24, 2.45) is 0 Å². The second-order valence-electron chi connectivity index (χ2n) is 5.23. The smallest absolute Gasteiger partial charge is 0.337 e. The number of esters is 1. The van der Waals surface area contributed by atoms with Gasteiger partial charge in [-0.2, -0.15) is 0 Å². The third-order valence-corrected chi connectivity index (χ3v) is 3.67. The lowest BCUT2D eigenvalue weighted by molar-refractivity contribution is 0.0600. The highest BCUT2D eigenvalue weighted by atomic mass is 16.5. The third kappa shape index (κ3) is 2.83. The topological polar surface area (TPSA) is 56.3 Å². The zero-order valence-corrected chi connectivity index (χ0v) is 12.9. The van der Waals surface area contributed by atoms with Gasteiger partial charge < -0.3 is 4.74 Å². The molecule has 0 radical (unpaired) electrons. The van der Waals surface area contributed by atoms with Crippen LogP contribution in [0, 0.1) is 6.92 Å². The molecule has 1 aromatic heterocycles. The number of aryl methyl sites for hydroxylation is 1. The summed E-state index contributed by atoms with van der Waals surface area (Å²) in [5, 5.41) is 0.924. The Bertz CT molecular complexity index is 898. The van der Waals surface area contributed by atoms with Gasteiger partial charge in [0.25, 0.3) is 0 Å². The van der Waals surface area contributed by atoms with E-state index in [4.69, 9.17) is 0 Å². The van der Waals surface area contributed by atoms with Crippen molar-refractivity contribution in [1.29, 1.82) is 0 Å². The first-order valence-corrected chi connectivity index (χ1v) is 7.19. The van der Waals surface area contributed by atoms with Gasteiger partial charge in [0.05, 0.1) is 18.2 Å². The first kappa shape index (κ1) is 14.9. The average molecular weight is 305 g/mol. The van der Waals surface area contributed by atoms with Crippen LogP contribution in [0.1, 0.15) is 32.0 Å². The SMILES string of the molecule is COC(=O)c1ccc(C(=O)c2cccc3ccc(C)nc23)cc1. The summed E-state index contributed by atoms with van der Waals surface area (Å²) in [6.45, 7) is 1.89. The van der Waals surface area contributed by atoms with Crippen molar-refractivity contribution in [3.8, 4) is 0 Å². The number of benzene rings is 2. The Kier molecular flexibility index (Phi) is 3.89. The molecule has 3 rings (SSSR count). The molecule has 0 bridgehead atoms. The van der Waals surface area contributed by atoms with Gasteiger partial charge in [0.15, 0.2) is 5.78 Å². The molecule has 3 aromatic rings. The molecule has 0 N–H and O–H groups in total. The Morgan fingerprint density at radius 2 is 1.61 bits per heavy atom. The van der Waals surface area contributed by atoms with Crippen LogP contribution in [0.4, 0.5) is 0 Å². The van der Waals surface area contributed by atoms with Crippen LogP contribution in [-0.4, -0.2) is 23.8 Å². The second kappa shape index (κ2) is 6.01. The third-order valence-electron chi connectivity index (χ3n) is 3.67. The maximum Gasteiger partial charge on any atom is 0.337 e. The molecule has 0 spiro atoms. The molecule has 4 heteroatoms.